The van der Waals surface area contributed by atoms with Gasteiger partial charge in [0.1, 0.15) is 19.0 Å². The van der Waals surface area contributed by atoms with E-state index in [9.17, 15) is 17.7 Å². The van der Waals surface area contributed by atoms with Gasteiger partial charge in [-0.25, -0.2) is 0 Å². The molecule has 172 valence electrons. The molecule has 3 rings (SSSR count). The Balaban J connectivity index is 1.87. The third-order valence-corrected chi connectivity index (χ3v) is 7.66. The van der Waals surface area contributed by atoms with E-state index in [0.29, 0.717) is 27.0 Å². The van der Waals surface area contributed by atoms with E-state index in [1.807, 2.05) is 19.1 Å². The van der Waals surface area contributed by atoms with E-state index in [0.717, 1.165) is 10.3 Å². The number of alkyl halides is 3. The molecule has 1 heterocycles. The number of ether oxygens (including phenoxy) is 1. The van der Waals surface area contributed by atoms with E-state index in [4.69, 9.17) is 10.00 Å². The first-order valence-corrected chi connectivity index (χ1v) is 13.4. The topological polar surface area (TPSA) is 62.1 Å². The van der Waals surface area contributed by atoms with E-state index in [1.54, 1.807) is 43.7 Å². The summed E-state index contributed by atoms with van der Waals surface area (Å²) < 4.78 is 58.2. The van der Waals surface area contributed by atoms with Gasteiger partial charge in [0.05, 0.1) is 23.5 Å². The van der Waals surface area contributed by atoms with Gasteiger partial charge in [-0.15, -0.1) is 11.3 Å². The molecule has 0 saturated carbocycles. The Labute approximate surface area is 194 Å². The molecule has 0 radical (unpaired) electrons. The average Bonchev–Trinajstić information content (AvgIpc) is 3.06. The maximum Gasteiger partial charge on any atom is 0.393 e. The van der Waals surface area contributed by atoms with Crippen LogP contribution in [0, 0.1) is 30.1 Å². The van der Waals surface area contributed by atoms with Crippen molar-refractivity contribution in [3.05, 3.63) is 52.4 Å². The third kappa shape index (κ3) is 6.32. The standard InChI is InChI=1S/C24H22F3N2O2PS/c1-16-6-4-7-18-19(15-24(25,26)27)22(33-23(16)18)8-5-12-29-20-10-9-17(32(2,3)30)14-21(20)31-13-11-28/h4,6-7,9-10,14,29H,12-13,15H2,1-3H3. The molecule has 0 atom stereocenters. The molecule has 1 aromatic heterocycles. The first-order valence-electron chi connectivity index (χ1n) is 9.99. The van der Waals surface area contributed by atoms with Crippen LogP contribution >= 0.6 is 18.5 Å². The number of hydrogen-bond acceptors (Lipinski definition) is 5. The van der Waals surface area contributed by atoms with Gasteiger partial charge in [-0.2, -0.15) is 18.4 Å². The lowest BCUT2D eigenvalue weighted by atomic mass is 10.1. The second-order valence-corrected chi connectivity index (χ2v) is 12.0. The number of thiophene rings is 1. The Morgan fingerprint density at radius 3 is 2.64 bits per heavy atom. The number of nitriles is 1. The van der Waals surface area contributed by atoms with E-state index in [-0.39, 0.29) is 18.7 Å². The number of aryl methyl sites for hydroxylation is 1. The second kappa shape index (κ2) is 9.91. The minimum absolute atomic E-state index is 0.150. The highest BCUT2D eigenvalue weighted by Crippen LogP contribution is 2.38. The molecule has 2 aromatic carbocycles. The molecule has 9 heteroatoms. The molecule has 0 amide bonds. The van der Waals surface area contributed by atoms with Crippen LogP contribution in [0.4, 0.5) is 18.9 Å². The normalized spacial score (nSPS) is 11.5. The maximum atomic E-state index is 13.2. The van der Waals surface area contributed by atoms with Crippen LogP contribution < -0.4 is 15.4 Å². The number of benzene rings is 2. The van der Waals surface area contributed by atoms with Gasteiger partial charge in [-0.3, -0.25) is 0 Å². The van der Waals surface area contributed by atoms with Crippen molar-refractivity contribution in [1.82, 2.24) is 0 Å². The number of halogens is 3. The van der Waals surface area contributed by atoms with Crippen molar-refractivity contribution in [2.45, 2.75) is 19.5 Å². The monoisotopic (exact) mass is 490 g/mol. The second-order valence-electron chi connectivity index (χ2n) is 7.79. The molecule has 0 saturated heterocycles. The summed E-state index contributed by atoms with van der Waals surface area (Å²) in [6.07, 6.45) is -5.37. The molecule has 0 bridgehead atoms. The lowest BCUT2D eigenvalue weighted by Crippen LogP contribution is -2.12. The zero-order valence-electron chi connectivity index (χ0n) is 18.3. The van der Waals surface area contributed by atoms with E-state index in [1.165, 1.54) is 11.3 Å². The lowest BCUT2D eigenvalue weighted by molar-refractivity contribution is -0.126. The minimum atomic E-state index is -4.33. The van der Waals surface area contributed by atoms with Crippen LogP contribution in [0.2, 0.25) is 0 Å². The first-order chi connectivity index (χ1) is 15.5. The quantitative estimate of drug-likeness (QED) is 0.344. The summed E-state index contributed by atoms with van der Waals surface area (Å²) in [5.41, 5.74) is 1.66. The fourth-order valence-electron chi connectivity index (χ4n) is 3.27. The van der Waals surface area contributed by atoms with Gasteiger partial charge in [-0.1, -0.05) is 30.0 Å². The van der Waals surface area contributed by atoms with Crippen molar-refractivity contribution in [1.29, 1.82) is 5.26 Å². The zero-order valence-corrected chi connectivity index (χ0v) is 20.0. The van der Waals surface area contributed by atoms with Crippen molar-refractivity contribution in [3.63, 3.8) is 0 Å². The van der Waals surface area contributed by atoms with Crippen LogP contribution in [-0.4, -0.2) is 32.7 Å². The number of nitrogens with zero attached hydrogens (tertiary/aromatic N) is 1. The summed E-state index contributed by atoms with van der Waals surface area (Å²) in [6, 6.07) is 12.3. The summed E-state index contributed by atoms with van der Waals surface area (Å²) >= 11 is 1.26. The highest BCUT2D eigenvalue weighted by molar-refractivity contribution is 7.70. The molecule has 0 aliphatic rings. The van der Waals surface area contributed by atoms with Gasteiger partial charge in [-0.05, 0) is 55.0 Å². The number of rotatable bonds is 6. The summed E-state index contributed by atoms with van der Waals surface area (Å²) in [4.78, 5) is 0.396. The lowest BCUT2D eigenvalue weighted by Gasteiger charge is -2.14. The molecular weight excluding hydrogens is 468 g/mol. The average molecular weight is 490 g/mol. The molecule has 0 spiro atoms. The van der Waals surface area contributed by atoms with Crippen molar-refractivity contribution in [3.8, 4) is 23.7 Å². The van der Waals surface area contributed by atoms with E-state index >= 15 is 0 Å². The highest BCUT2D eigenvalue weighted by Gasteiger charge is 2.31. The smallest absolute Gasteiger partial charge is 0.393 e. The van der Waals surface area contributed by atoms with Crippen molar-refractivity contribution >= 4 is 39.6 Å². The summed E-state index contributed by atoms with van der Waals surface area (Å²) in [5.74, 6) is 6.15. The van der Waals surface area contributed by atoms with Crippen LogP contribution in [0.25, 0.3) is 10.1 Å². The van der Waals surface area contributed by atoms with Gasteiger partial charge in [0, 0.05) is 10.0 Å². The molecule has 0 aliphatic heterocycles. The predicted octanol–water partition coefficient (Wildman–Crippen LogP) is 5.93. The molecule has 33 heavy (non-hydrogen) atoms. The third-order valence-electron chi connectivity index (χ3n) is 4.84. The Bertz CT molecular complexity index is 1320. The van der Waals surface area contributed by atoms with Gasteiger partial charge in [0.25, 0.3) is 0 Å². The van der Waals surface area contributed by atoms with Crippen LogP contribution in [0.15, 0.2) is 36.4 Å². The largest absolute Gasteiger partial charge is 0.477 e. The molecule has 3 aromatic rings. The molecule has 4 nitrogen and oxygen atoms in total. The fraction of sp³-hybridized carbons (Fsp3) is 0.292. The molecule has 0 aliphatic carbocycles. The summed E-state index contributed by atoms with van der Waals surface area (Å²) in [7, 11) is -2.52. The van der Waals surface area contributed by atoms with Crippen molar-refractivity contribution in [2.24, 2.45) is 0 Å². The Morgan fingerprint density at radius 2 is 1.97 bits per heavy atom. The Morgan fingerprint density at radius 1 is 1.21 bits per heavy atom. The number of anilines is 1. The molecular formula is C24H22F3N2O2PS. The number of nitrogens with one attached hydrogen (secondary N) is 1. The highest BCUT2D eigenvalue weighted by atomic mass is 32.1. The molecule has 1 N–H and O–H groups in total. The molecule has 0 fully saturated rings. The van der Waals surface area contributed by atoms with Crippen molar-refractivity contribution < 1.29 is 22.5 Å². The van der Waals surface area contributed by atoms with Gasteiger partial charge in [0.2, 0.25) is 0 Å². The van der Waals surface area contributed by atoms with Crippen LogP contribution in [0.5, 0.6) is 5.75 Å². The SMILES string of the molecule is Cc1cccc2c(CC(F)(F)F)c(C#CCNc3ccc(P(C)(C)=O)cc3OCC#N)sc12. The number of hydrogen-bond donors (Lipinski definition) is 1. The molecule has 0 unspecified atom stereocenters. The van der Waals surface area contributed by atoms with Crippen LogP contribution in [-0.2, 0) is 11.0 Å². The van der Waals surface area contributed by atoms with Gasteiger partial charge < -0.3 is 14.6 Å². The van der Waals surface area contributed by atoms with E-state index in [2.05, 4.69) is 17.2 Å². The van der Waals surface area contributed by atoms with Crippen molar-refractivity contribution in [2.75, 3.05) is 31.8 Å². The summed E-state index contributed by atoms with van der Waals surface area (Å²) in [5, 5.41) is 13.1. The zero-order chi connectivity index (χ0) is 24.2. The summed E-state index contributed by atoms with van der Waals surface area (Å²) in [6.45, 7) is 5.12. The first kappa shape index (κ1) is 24.7. The van der Waals surface area contributed by atoms with Crippen LogP contribution in [0.3, 0.4) is 0 Å². The number of fused-ring (bicyclic) bond motifs is 1. The van der Waals surface area contributed by atoms with Gasteiger partial charge in [0.15, 0.2) is 6.61 Å². The van der Waals surface area contributed by atoms with Crippen LogP contribution in [0.1, 0.15) is 16.0 Å². The maximum absolute atomic E-state index is 13.2. The minimum Gasteiger partial charge on any atom is -0.477 e. The fourth-order valence-corrected chi connectivity index (χ4v) is 5.30. The Hall–Kier alpha value is -2.93. The van der Waals surface area contributed by atoms with Gasteiger partial charge >= 0.3 is 6.18 Å². The Kier molecular flexibility index (Phi) is 7.42. The predicted molar refractivity (Wildman–Crippen MR) is 128 cm³/mol. The van der Waals surface area contributed by atoms with E-state index < -0.39 is 19.7 Å².